The van der Waals surface area contributed by atoms with E-state index in [2.05, 4.69) is 48.8 Å². The van der Waals surface area contributed by atoms with Gasteiger partial charge in [-0.05, 0) is 32.9 Å². The summed E-state index contributed by atoms with van der Waals surface area (Å²) in [5, 5.41) is 20.4. The number of H-pyrrole nitrogens is 1. The van der Waals surface area contributed by atoms with Crippen LogP contribution in [0.1, 0.15) is 18.3 Å². The zero-order valence-corrected chi connectivity index (χ0v) is 17.4. The smallest absolute Gasteiger partial charge is 0.162 e. The van der Waals surface area contributed by atoms with Crippen LogP contribution in [0.15, 0.2) is 24.4 Å². The van der Waals surface area contributed by atoms with Crippen molar-refractivity contribution < 1.29 is 0 Å². The number of hydrogen-bond acceptors (Lipinski definition) is 6. The molecule has 3 aromatic heterocycles. The molecule has 0 saturated carbocycles. The van der Waals surface area contributed by atoms with Crippen molar-refractivity contribution in [3.8, 4) is 0 Å². The van der Waals surface area contributed by atoms with Crippen LogP contribution in [0.5, 0.6) is 0 Å². The predicted molar refractivity (Wildman–Crippen MR) is 117 cm³/mol. The number of rotatable bonds is 3. The summed E-state index contributed by atoms with van der Waals surface area (Å²) in [4.78, 5) is 6.84. The highest BCUT2D eigenvalue weighted by Crippen LogP contribution is 2.34. The third-order valence-corrected chi connectivity index (χ3v) is 5.64. The van der Waals surface area contributed by atoms with Crippen LogP contribution in [0, 0.1) is 13.8 Å². The van der Waals surface area contributed by atoms with Crippen molar-refractivity contribution in [3.63, 3.8) is 0 Å². The molecule has 4 heterocycles. The van der Waals surface area contributed by atoms with Crippen LogP contribution < -0.4 is 15.5 Å². The Morgan fingerprint density at radius 1 is 1.24 bits per heavy atom. The van der Waals surface area contributed by atoms with E-state index in [1.165, 1.54) is 0 Å². The third kappa shape index (κ3) is 3.28. The Labute approximate surface area is 173 Å². The molecule has 4 aromatic rings. The van der Waals surface area contributed by atoms with Crippen LogP contribution >= 0.6 is 11.6 Å². The largest absolute Gasteiger partial charge is 0.369 e. The van der Waals surface area contributed by atoms with Crippen molar-refractivity contribution in [1.82, 2.24) is 30.1 Å². The first-order valence-electron chi connectivity index (χ1n) is 9.74. The van der Waals surface area contributed by atoms with Crippen LogP contribution in [0.2, 0.25) is 5.02 Å². The average molecular weight is 411 g/mol. The van der Waals surface area contributed by atoms with Crippen LogP contribution in [0.25, 0.3) is 16.4 Å². The predicted octanol–water partition coefficient (Wildman–Crippen LogP) is 3.42. The molecule has 3 N–H and O–H groups in total. The maximum atomic E-state index is 6.68. The Morgan fingerprint density at radius 2 is 2.10 bits per heavy atom. The van der Waals surface area contributed by atoms with E-state index in [-0.39, 0.29) is 0 Å². The number of nitrogens with one attached hydrogen (secondary N) is 3. The van der Waals surface area contributed by atoms with Gasteiger partial charge in [-0.3, -0.25) is 10.1 Å². The minimum atomic E-state index is 0.453. The molecule has 1 fully saturated rings. The summed E-state index contributed by atoms with van der Waals surface area (Å²) < 4.78 is 1.83. The topological polar surface area (TPSA) is 86.2 Å². The maximum absolute atomic E-state index is 6.68. The molecular weight excluding hydrogens is 388 g/mol. The number of aromatic amines is 1. The van der Waals surface area contributed by atoms with Gasteiger partial charge in [-0.15, -0.1) is 5.10 Å². The molecule has 9 heteroatoms. The number of nitrogens with zero attached hydrogens (tertiary/aromatic N) is 5. The number of hydrogen-bond donors (Lipinski definition) is 3. The first kappa shape index (κ1) is 18.2. The quantitative estimate of drug-likeness (QED) is 0.480. The molecular formula is C20H23ClN8. The minimum Gasteiger partial charge on any atom is -0.369 e. The molecule has 1 saturated heterocycles. The maximum Gasteiger partial charge on any atom is 0.162 e. The fourth-order valence-corrected chi connectivity index (χ4v) is 4.31. The van der Waals surface area contributed by atoms with E-state index < -0.39 is 0 Å². The van der Waals surface area contributed by atoms with E-state index in [4.69, 9.17) is 11.6 Å². The van der Waals surface area contributed by atoms with Crippen molar-refractivity contribution in [1.29, 1.82) is 0 Å². The summed E-state index contributed by atoms with van der Waals surface area (Å²) in [5.41, 5.74) is 4.83. The number of anilines is 3. The van der Waals surface area contributed by atoms with Gasteiger partial charge in [0, 0.05) is 37.4 Å². The highest BCUT2D eigenvalue weighted by atomic mass is 35.5. The van der Waals surface area contributed by atoms with Crippen LogP contribution in [-0.2, 0) is 0 Å². The van der Waals surface area contributed by atoms with E-state index in [0.717, 1.165) is 53.1 Å². The lowest BCUT2D eigenvalue weighted by Crippen LogP contribution is -2.49. The molecule has 0 aliphatic carbocycles. The summed E-state index contributed by atoms with van der Waals surface area (Å²) in [5.74, 6) is 1.36. The standard InChI is InChI=1S/C20H23ClN8/c1-11-9-28(5-4-22-11)14-6-15(21)19-16(7-14)25-26-20(19)24-18-8-17-13(3)23-12(2)10-29(17)27-18/h6-8,10-11,22H,4-5,9H2,1-3H3,(H2,24,25,26,27). The van der Waals surface area contributed by atoms with Crippen molar-refractivity contribution in [2.45, 2.75) is 26.8 Å². The lowest BCUT2D eigenvalue weighted by atomic mass is 10.1. The molecule has 1 aliphatic heterocycles. The van der Waals surface area contributed by atoms with Gasteiger partial charge in [0.2, 0.25) is 0 Å². The van der Waals surface area contributed by atoms with E-state index >= 15 is 0 Å². The summed E-state index contributed by atoms with van der Waals surface area (Å²) in [6, 6.07) is 6.54. The Hall–Kier alpha value is -2.84. The second-order valence-electron chi connectivity index (χ2n) is 7.68. The van der Waals surface area contributed by atoms with Gasteiger partial charge in [0.15, 0.2) is 11.6 Å². The van der Waals surface area contributed by atoms with Crippen LogP contribution in [-0.4, -0.2) is 50.5 Å². The fraction of sp³-hybridized carbons (Fsp3) is 0.350. The SMILES string of the molecule is Cc1cn2nc(Nc3n[nH]c4cc(N5CCNC(C)C5)cc(Cl)c34)cc2c(C)n1. The van der Waals surface area contributed by atoms with Crippen molar-refractivity contribution in [2.24, 2.45) is 0 Å². The Morgan fingerprint density at radius 3 is 2.93 bits per heavy atom. The third-order valence-electron chi connectivity index (χ3n) is 5.34. The molecule has 29 heavy (non-hydrogen) atoms. The highest BCUT2D eigenvalue weighted by Gasteiger charge is 2.19. The molecule has 1 unspecified atom stereocenters. The number of benzene rings is 1. The van der Waals surface area contributed by atoms with E-state index in [9.17, 15) is 0 Å². The molecule has 0 amide bonds. The number of piperazine rings is 1. The zero-order chi connectivity index (χ0) is 20.1. The van der Waals surface area contributed by atoms with Gasteiger partial charge in [-0.1, -0.05) is 11.6 Å². The molecule has 150 valence electrons. The van der Waals surface area contributed by atoms with E-state index in [0.29, 0.717) is 22.7 Å². The second-order valence-corrected chi connectivity index (χ2v) is 8.08. The molecule has 0 bridgehead atoms. The Kier molecular flexibility index (Phi) is 4.33. The monoisotopic (exact) mass is 410 g/mol. The highest BCUT2D eigenvalue weighted by molar-refractivity contribution is 6.36. The number of halogens is 1. The van der Waals surface area contributed by atoms with Gasteiger partial charge < -0.3 is 15.5 Å². The number of fused-ring (bicyclic) bond motifs is 2. The molecule has 1 atom stereocenters. The second kappa shape index (κ2) is 6.89. The van der Waals surface area contributed by atoms with Crippen molar-refractivity contribution >= 4 is 45.3 Å². The van der Waals surface area contributed by atoms with Gasteiger partial charge in [0.05, 0.1) is 39.0 Å². The minimum absolute atomic E-state index is 0.453. The van der Waals surface area contributed by atoms with Gasteiger partial charge in [0.1, 0.15) is 0 Å². The lowest BCUT2D eigenvalue weighted by molar-refractivity contribution is 0.485. The molecule has 0 spiro atoms. The van der Waals surface area contributed by atoms with Gasteiger partial charge in [-0.2, -0.15) is 5.10 Å². The zero-order valence-electron chi connectivity index (χ0n) is 16.6. The first-order valence-corrected chi connectivity index (χ1v) is 10.1. The van der Waals surface area contributed by atoms with Crippen LogP contribution in [0.4, 0.5) is 17.3 Å². The van der Waals surface area contributed by atoms with E-state index in [1.54, 1.807) is 0 Å². The van der Waals surface area contributed by atoms with Gasteiger partial charge in [-0.25, -0.2) is 4.52 Å². The molecule has 1 aromatic carbocycles. The summed E-state index contributed by atoms with van der Waals surface area (Å²) in [6.45, 7) is 9.01. The lowest BCUT2D eigenvalue weighted by Gasteiger charge is -2.33. The fourth-order valence-electron chi connectivity index (χ4n) is 4.01. The van der Waals surface area contributed by atoms with Gasteiger partial charge >= 0.3 is 0 Å². The number of aromatic nitrogens is 5. The average Bonchev–Trinajstić information content (AvgIpc) is 3.26. The van der Waals surface area contributed by atoms with E-state index in [1.807, 2.05) is 36.7 Å². The van der Waals surface area contributed by atoms with Crippen molar-refractivity contribution in [2.75, 3.05) is 29.9 Å². The molecule has 0 radical (unpaired) electrons. The summed E-state index contributed by atoms with van der Waals surface area (Å²) >= 11 is 6.68. The van der Waals surface area contributed by atoms with Gasteiger partial charge in [0.25, 0.3) is 0 Å². The Balaban J connectivity index is 1.49. The molecule has 5 rings (SSSR count). The molecule has 1 aliphatic rings. The van der Waals surface area contributed by atoms with Crippen LogP contribution in [0.3, 0.4) is 0 Å². The van der Waals surface area contributed by atoms with Crippen molar-refractivity contribution in [3.05, 3.63) is 40.8 Å². The first-order chi connectivity index (χ1) is 14.0. The summed E-state index contributed by atoms with van der Waals surface area (Å²) in [7, 11) is 0. The normalized spacial score (nSPS) is 17.4. The Bertz CT molecular complexity index is 1210. The number of aryl methyl sites for hydroxylation is 2. The molecule has 8 nitrogen and oxygen atoms in total. The summed E-state index contributed by atoms with van der Waals surface area (Å²) in [6.07, 6.45) is 1.91.